The third kappa shape index (κ3) is 4.30. The van der Waals surface area contributed by atoms with Gasteiger partial charge in [0.1, 0.15) is 18.1 Å². The second-order valence-electron chi connectivity index (χ2n) is 6.87. The zero-order valence-electron chi connectivity index (χ0n) is 16.0. The van der Waals surface area contributed by atoms with Crippen molar-refractivity contribution in [3.05, 3.63) is 76.2 Å². The SMILES string of the molecule is CN1C(=O)C(CNC(=O)c2csc(Cc3ccccc3)n2)COc2ccccc21. The van der Waals surface area contributed by atoms with Crippen LogP contribution in [0.15, 0.2) is 60.0 Å². The lowest BCUT2D eigenvalue weighted by Gasteiger charge is -2.19. The Kier molecular flexibility index (Phi) is 5.57. The highest BCUT2D eigenvalue weighted by Gasteiger charge is 2.29. The lowest BCUT2D eigenvalue weighted by molar-refractivity contribution is -0.122. The van der Waals surface area contributed by atoms with Gasteiger partial charge in [0.05, 0.1) is 16.6 Å². The highest BCUT2D eigenvalue weighted by molar-refractivity contribution is 7.09. The summed E-state index contributed by atoms with van der Waals surface area (Å²) >= 11 is 1.46. The molecule has 0 spiro atoms. The van der Waals surface area contributed by atoms with Crippen molar-refractivity contribution in [2.75, 3.05) is 25.1 Å². The third-order valence-electron chi connectivity index (χ3n) is 4.84. The molecule has 3 aromatic rings. The summed E-state index contributed by atoms with van der Waals surface area (Å²) < 4.78 is 5.78. The molecule has 7 heteroatoms. The molecule has 0 bridgehead atoms. The van der Waals surface area contributed by atoms with Crippen LogP contribution in [-0.4, -0.2) is 37.0 Å². The number of hydrogen-bond acceptors (Lipinski definition) is 5. The maximum absolute atomic E-state index is 12.7. The minimum Gasteiger partial charge on any atom is -0.490 e. The Morgan fingerprint density at radius 3 is 2.79 bits per heavy atom. The first-order chi connectivity index (χ1) is 14.1. The quantitative estimate of drug-likeness (QED) is 0.705. The first-order valence-corrected chi connectivity index (χ1v) is 10.3. The number of fused-ring (bicyclic) bond motifs is 1. The Morgan fingerprint density at radius 1 is 1.21 bits per heavy atom. The largest absolute Gasteiger partial charge is 0.490 e. The molecule has 1 aliphatic rings. The molecule has 1 atom stereocenters. The molecule has 2 aromatic carbocycles. The number of nitrogens with zero attached hydrogens (tertiary/aromatic N) is 2. The van der Waals surface area contributed by atoms with Gasteiger partial charge < -0.3 is 15.0 Å². The van der Waals surface area contributed by atoms with Crippen molar-refractivity contribution >= 4 is 28.8 Å². The van der Waals surface area contributed by atoms with Crippen LogP contribution in [0.4, 0.5) is 5.69 Å². The van der Waals surface area contributed by atoms with Crippen molar-refractivity contribution in [1.29, 1.82) is 0 Å². The maximum atomic E-state index is 12.7. The van der Waals surface area contributed by atoms with Gasteiger partial charge in [0.2, 0.25) is 5.91 Å². The van der Waals surface area contributed by atoms with E-state index in [2.05, 4.69) is 10.3 Å². The van der Waals surface area contributed by atoms with E-state index in [-0.39, 0.29) is 25.0 Å². The standard InChI is InChI=1S/C22H21N3O3S/c1-25-18-9-5-6-10-19(18)28-13-16(22(25)27)12-23-21(26)17-14-29-20(24-17)11-15-7-3-2-4-8-15/h2-10,14,16H,11-13H2,1H3,(H,23,26). The number of para-hydroxylation sites is 2. The Labute approximate surface area is 173 Å². The fourth-order valence-electron chi connectivity index (χ4n) is 3.23. The van der Waals surface area contributed by atoms with Crippen molar-refractivity contribution in [1.82, 2.24) is 10.3 Å². The molecule has 0 fully saturated rings. The molecular formula is C22H21N3O3S. The smallest absolute Gasteiger partial charge is 0.270 e. The van der Waals surface area contributed by atoms with Crippen LogP contribution in [0.1, 0.15) is 21.1 Å². The second-order valence-corrected chi connectivity index (χ2v) is 7.81. The number of carbonyl (C=O) groups excluding carboxylic acids is 2. The van der Waals surface area contributed by atoms with E-state index in [1.165, 1.54) is 11.3 Å². The molecule has 148 valence electrons. The average Bonchev–Trinajstić information content (AvgIpc) is 3.18. The molecule has 0 saturated carbocycles. The fraction of sp³-hybridized carbons (Fsp3) is 0.227. The van der Waals surface area contributed by atoms with E-state index in [9.17, 15) is 9.59 Å². The van der Waals surface area contributed by atoms with Crippen LogP contribution in [0.25, 0.3) is 0 Å². The van der Waals surface area contributed by atoms with Gasteiger partial charge in [-0.2, -0.15) is 0 Å². The number of amides is 2. The molecule has 1 N–H and O–H groups in total. The van der Waals surface area contributed by atoms with E-state index in [0.717, 1.165) is 16.3 Å². The van der Waals surface area contributed by atoms with Crippen molar-refractivity contribution in [2.24, 2.45) is 5.92 Å². The number of carbonyl (C=O) groups is 2. The highest BCUT2D eigenvalue weighted by Crippen LogP contribution is 2.31. The fourth-order valence-corrected chi connectivity index (χ4v) is 4.04. The number of benzene rings is 2. The summed E-state index contributed by atoms with van der Waals surface area (Å²) in [5.74, 6) is -0.155. The predicted molar refractivity (Wildman–Crippen MR) is 113 cm³/mol. The van der Waals surface area contributed by atoms with Gasteiger partial charge in [-0.3, -0.25) is 9.59 Å². The first-order valence-electron chi connectivity index (χ1n) is 9.38. The van der Waals surface area contributed by atoms with Crippen LogP contribution in [0, 0.1) is 5.92 Å². The number of anilines is 1. The van der Waals surface area contributed by atoms with Gasteiger partial charge in [-0.05, 0) is 17.7 Å². The van der Waals surface area contributed by atoms with E-state index in [4.69, 9.17) is 4.74 Å². The van der Waals surface area contributed by atoms with Gasteiger partial charge in [0, 0.05) is 25.4 Å². The molecule has 29 heavy (non-hydrogen) atoms. The third-order valence-corrected chi connectivity index (χ3v) is 5.69. The average molecular weight is 407 g/mol. The molecule has 0 radical (unpaired) electrons. The van der Waals surface area contributed by atoms with Crippen molar-refractivity contribution < 1.29 is 14.3 Å². The minimum absolute atomic E-state index is 0.0849. The van der Waals surface area contributed by atoms with Gasteiger partial charge in [-0.1, -0.05) is 42.5 Å². The van der Waals surface area contributed by atoms with E-state index in [1.54, 1.807) is 17.3 Å². The van der Waals surface area contributed by atoms with E-state index in [0.29, 0.717) is 17.9 Å². The monoisotopic (exact) mass is 407 g/mol. The number of nitrogens with one attached hydrogen (secondary N) is 1. The Balaban J connectivity index is 1.37. The summed E-state index contributed by atoms with van der Waals surface area (Å²) in [5.41, 5.74) is 2.26. The number of rotatable bonds is 5. The summed E-state index contributed by atoms with van der Waals surface area (Å²) in [6, 6.07) is 17.4. The van der Waals surface area contributed by atoms with Gasteiger partial charge >= 0.3 is 0 Å². The van der Waals surface area contributed by atoms with E-state index in [1.807, 2.05) is 54.6 Å². The molecule has 6 nitrogen and oxygen atoms in total. The molecule has 2 amide bonds. The summed E-state index contributed by atoms with van der Waals surface area (Å²) in [6.07, 6.45) is 0.691. The van der Waals surface area contributed by atoms with Crippen LogP contribution in [0.3, 0.4) is 0 Å². The van der Waals surface area contributed by atoms with Gasteiger partial charge in [-0.25, -0.2) is 4.98 Å². The maximum Gasteiger partial charge on any atom is 0.270 e. The summed E-state index contributed by atoms with van der Waals surface area (Å²) in [4.78, 5) is 31.3. The summed E-state index contributed by atoms with van der Waals surface area (Å²) in [7, 11) is 1.72. The van der Waals surface area contributed by atoms with Crippen LogP contribution >= 0.6 is 11.3 Å². The van der Waals surface area contributed by atoms with Crippen molar-refractivity contribution in [3.63, 3.8) is 0 Å². The topological polar surface area (TPSA) is 71.5 Å². The molecule has 2 heterocycles. The Bertz CT molecular complexity index is 1020. The molecular weight excluding hydrogens is 386 g/mol. The minimum atomic E-state index is -0.459. The van der Waals surface area contributed by atoms with Crippen molar-refractivity contribution in [3.8, 4) is 5.75 Å². The summed E-state index contributed by atoms with van der Waals surface area (Å²) in [6.45, 7) is 0.415. The molecule has 0 saturated heterocycles. The lowest BCUT2D eigenvalue weighted by Crippen LogP contribution is -2.41. The first kappa shape index (κ1) is 19.1. The zero-order valence-corrected chi connectivity index (χ0v) is 16.8. The van der Waals surface area contributed by atoms with Gasteiger partial charge in [0.25, 0.3) is 5.91 Å². The lowest BCUT2D eigenvalue weighted by atomic mass is 10.1. The Morgan fingerprint density at radius 2 is 1.97 bits per heavy atom. The molecule has 1 unspecified atom stereocenters. The summed E-state index contributed by atoms with van der Waals surface area (Å²) in [5, 5.41) is 5.46. The number of ether oxygens (including phenoxy) is 1. The van der Waals surface area contributed by atoms with Crippen LogP contribution < -0.4 is 15.0 Å². The van der Waals surface area contributed by atoms with Gasteiger partial charge in [0.15, 0.2) is 0 Å². The zero-order chi connectivity index (χ0) is 20.2. The number of hydrogen-bond donors (Lipinski definition) is 1. The van der Waals surface area contributed by atoms with Crippen molar-refractivity contribution in [2.45, 2.75) is 6.42 Å². The molecule has 1 aromatic heterocycles. The number of aromatic nitrogens is 1. The van der Waals surface area contributed by atoms with E-state index < -0.39 is 5.92 Å². The van der Waals surface area contributed by atoms with Crippen LogP contribution in [0.5, 0.6) is 5.75 Å². The predicted octanol–water partition coefficient (Wildman–Crippen LogP) is 3.14. The van der Waals surface area contributed by atoms with Gasteiger partial charge in [-0.15, -0.1) is 11.3 Å². The normalized spacial score (nSPS) is 16.0. The van der Waals surface area contributed by atoms with Crippen LogP contribution in [-0.2, 0) is 11.2 Å². The highest BCUT2D eigenvalue weighted by atomic mass is 32.1. The molecule has 4 rings (SSSR count). The molecule has 1 aliphatic heterocycles. The van der Waals surface area contributed by atoms with E-state index >= 15 is 0 Å². The number of thiazole rings is 1. The molecule has 0 aliphatic carbocycles. The van der Waals surface area contributed by atoms with Crippen LogP contribution in [0.2, 0.25) is 0 Å². The second kappa shape index (κ2) is 8.45. The Hall–Kier alpha value is -3.19.